The summed E-state index contributed by atoms with van der Waals surface area (Å²) >= 11 is 1.67. The molecule has 0 aliphatic carbocycles. The normalized spacial score (nSPS) is 15.8. The summed E-state index contributed by atoms with van der Waals surface area (Å²) in [7, 11) is 0. The number of piperidine rings is 1. The van der Waals surface area contributed by atoms with Crippen molar-refractivity contribution in [2.75, 3.05) is 18.8 Å². The molecular formula is C24H28N4OS. The largest absolute Gasteiger partial charge is 0.398 e. The van der Waals surface area contributed by atoms with Crippen LogP contribution in [0, 0.1) is 5.41 Å². The first-order chi connectivity index (χ1) is 14.6. The average Bonchev–Trinajstić information content (AvgIpc) is 3.31. The lowest BCUT2D eigenvalue weighted by Gasteiger charge is -2.36. The smallest absolute Gasteiger partial charge is 0.170 e. The molecule has 0 saturated carbocycles. The molecule has 3 heterocycles. The van der Waals surface area contributed by atoms with Crippen molar-refractivity contribution in [2.24, 2.45) is 5.41 Å². The zero-order valence-electron chi connectivity index (χ0n) is 17.4. The van der Waals surface area contributed by atoms with Gasteiger partial charge in [-0.1, -0.05) is 19.1 Å². The molecule has 0 atom stereocenters. The number of benzene rings is 1. The van der Waals surface area contributed by atoms with Gasteiger partial charge in [0, 0.05) is 35.8 Å². The van der Waals surface area contributed by atoms with Crippen LogP contribution in [-0.2, 0) is 12.8 Å². The van der Waals surface area contributed by atoms with Gasteiger partial charge in [0.25, 0.3) is 0 Å². The van der Waals surface area contributed by atoms with E-state index in [1.807, 2.05) is 29.6 Å². The molecule has 30 heavy (non-hydrogen) atoms. The second-order valence-corrected chi connectivity index (χ2v) is 9.11. The van der Waals surface area contributed by atoms with Gasteiger partial charge in [-0.05, 0) is 72.5 Å². The first kappa shape index (κ1) is 20.7. The van der Waals surface area contributed by atoms with Crippen LogP contribution in [0.2, 0.25) is 0 Å². The molecule has 0 spiro atoms. The first-order valence-electron chi connectivity index (χ1n) is 10.6. The highest BCUT2D eigenvalue weighted by molar-refractivity contribution is 7.13. The number of rotatable bonds is 7. The van der Waals surface area contributed by atoms with E-state index in [1.165, 1.54) is 4.88 Å². The van der Waals surface area contributed by atoms with E-state index < -0.39 is 0 Å². The summed E-state index contributed by atoms with van der Waals surface area (Å²) in [6.07, 6.45) is 7.88. The van der Waals surface area contributed by atoms with Gasteiger partial charge in [0.15, 0.2) is 5.78 Å². The van der Waals surface area contributed by atoms with Crippen LogP contribution in [-0.4, -0.2) is 28.8 Å². The molecule has 1 saturated heterocycles. The van der Waals surface area contributed by atoms with E-state index in [2.05, 4.69) is 28.3 Å². The Morgan fingerprint density at radius 1 is 1.20 bits per heavy atom. The van der Waals surface area contributed by atoms with Crippen LogP contribution in [0.25, 0.3) is 10.4 Å². The molecule has 1 fully saturated rings. The molecule has 6 heteroatoms. The monoisotopic (exact) mass is 420 g/mol. The molecule has 0 radical (unpaired) electrons. The molecule has 5 nitrogen and oxygen atoms in total. The maximum Gasteiger partial charge on any atom is 0.170 e. The number of nitrogens with one attached hydrogen (secondary N) is 1. The number of Topliss-reactive ketones (excluding diaryl/α,β-unsaturated/α-hetero) is 1. The van der Waals surface area contributed by atoms with Gasteiger partial charge in [-0.15, -0.1) is 11.3 Å². The van der Waals surface area contributed by atoms with Crippen LogP contribution >= 0.6 is 11.3 Å². The van der Waals surface area contributed by atoms with Crippen molar-refractivity contribution in [3.8, 4) is 10.4 Å². The van der Waals surface area contributed by atoms with Gasteiger partial charge in [-0.2, -0.15) is 0 Å². The number of thiophene rings is 1. The molecule has 1 aliphatic rings. The van der Waals surface area contributed by atoms with E-state index in [1.54, 1.807) is 23.7 Å². The summed E-state index contributed by atoms with van der Waals surface area (Å²) in [4.78, 5) is 23.1. The van der Waals surface area contributed by atoms with E-state index in [0.29, 0.717) is 11.3 Å². The van der Waals surface area contributed by atoms with Crippen LogP contribution < -0.4 is 11.1 Å². The predicted molar refractivity (Wildman–Crippen MR) is 123 cm³/mol. The summed E-state index contributed by atoms with van der Waals surface area (Å²) in [6.45, 7) is 4.35. The number of anilines is 1. The average molecular weight is 421 g/mol. The summed E-state index contributed by atoms with van der Waals surface area (Å²) in [6, 6.07) is 9.97. The number of ketones is 1. The Morgan fingerprint density at radius 3 is 2.63 bits per heavy atom. The standard InChI is InChI=1S/C24H28N4OS/c1-2-24(7-9-26-10-8-24)14-23-27-15-19(16-28-23)21(29)13-18-12-17(5-6-20(18)25)22-4-3-11-30-22/h3-6,11-12,15-16,26H,2,7-10,13-14,25H2,1H3. The molecular weight excluding hydrogens is 392 g/mol. The van der Waals surface area contributed by atoms with Crippen molar-refractivity contribution >= 4 is 22.8 Å². The maximum absolute atomic E-state index is 12.8. The lowest BCUT2D eigenvalue weighted by Crippen LogP contribution is -2.38. The number of carbonyl (C=O) groups excluding carboxylic acids is 1. The van der Waals surface area contributed by atoms with Crippen molar-refractivity contribution in [2.45, 2.75) is 39.0 Å². The van der Waals surface area contributed by atoms with Crippen LogP contribution in [0.4, 0.5) is 5.69 Å². The minimum absolute atomic E-state index is 0.0105. The van der Waals surface area contributed by atoms with Gasteiger partial charge < -0.3 is 11.1 Å². The fourth-order valence-corrected chi connectivity index (χ4v) is 4.89. The third-order valence-corrected chi connectivity index (χ3v) is 7.19. The minimum atomic E-state index is -0.0105. The Balaban J connectivity index is 1.46. The second kappa shape index (κ2) is 9.06. The van der Waals surface area contributed by atoms with E-state index in [-0.39, 0.29) is 17.6 Å². The number of aromatic nitrogens is 2. The highest BCUT2D eigenvalue weighted by Gasteiger charge is 2.31. The van der Waals surface area contributed by atoms with Crippen LogP contribution in [0.5, 0.6) is 0 Å². The summed E-state index contributed by atoms with van der Waals surface area (Å²) in [5.41, 5.74) is 9.51. The van der Waals surface area contributed by atoms with Crippen molar-refractivity contribution in [1.29, 1.82) is 0 Å². The number of hydrogen-bond donors (Lipinski definition) is 2. The third kappa shape index (κ3) is 4.60. The Hall–Kier alpha value is -2.57. The number of nitrogen functional groups attached to an aromatic ring is 1. The highest BCUT2D eigenvalue weighted by atomic mass is 32.1. The van der Waals surface area contributed by atoms with Crippen molar-refractivity contribution in [3.05, 3.63) is 65.1 Å². The van der Waals surface area contributed by atoms with Crippen LogP contribution in [0.15, 0.2) is 48.1 Å². The van der Waals surface area contributed by atoms with Gasteiger partial charge in [-0.25, -0.2) is 9.97 Å². The Kier molecular flexibility index (Phi) is 6.25. The fourth-order valence-electron chi connectivity index (χ4n) is 4.17. The zero-order valence-corrected chi connectivity index (χ0v) is 18.2. The lowest BCUT2D eigenvalue weighted by atomic mass is 9.74. The minimum Gasteiger partial charge on any atom is -0.398 e. The number of nitrogens with zero attached hydrogens (tertiary/aromatic N) is 2. The van der Waals surface area contributed by atoms with E-state index in [9.17, 15) is 4.79 Å². The van der Waals surface area contributed by atoms with Crippen molar-refractivity contribution < 1.29 is 4.79 Å². The fraction of sp³-hybridized carbons (Fsp3) is 0.375. The zero-order chi connectivity index (χ0) is 21.0. The molecule has 1 aliphatic heterocycles. The molecule has 3 aromatic rings. The topological polar surface area (TPSA) is 80.9 Å². The van der Waals surface area contributed by atoms with Gasteiger partial charge >= 0.3 is 0 Å². The lowest BCUT2D eigenvalue weighted by molar-refractivity contribution is 0.0992. The molecule has 3 N–H and O–H groups in total. The first-order valence-corrected chi connectivity index (χ1v) is 11.4. The van der Waals surface area contributed by atoms with E-state index in [4.69, 9.17) is 5.73 Å². The quantitative estimate of drug-likeness (QED) is 0.433. The molecule has 0 amide bonds. The Labute approximate surface area is 181 Å². The Bertz CT molecular complexity index is 993. The van der Waals surface area contributed by atoms with Crippen molar-refractivity contribution in [1.82, 2.24) is 15.3 Å². The van der Waals surface area contributed by atoms with Crippen molar-refractivity contribution in [3.63, 3.8) is 0 Å². The number of carbonyl (C=O) groups is 1. The number of hydrogen-bond acceptors (Lipinski definition) is 6. The summed E-state index contributed by atoms with van der Waals surface area (Å²) in [5.74, 6) is 0.818. The maximum atomic E-state index is 12.8. The van der Waals surface area contributed by atoms with Gasteiger partial charge in [0.1, 0.15) is 5.82 Å². The number of nitrogens with two attached hydrogens (primary N) is 1. The molecule has 0 bridgehead atoms. The summed E-state index contributed by atoms with van der Waals surface area (Å²) in [5, 5.41) is 5.47. The van der Waals surface area contributed by atoms with Gasteiger partial charge in [0.05, 0.1) is 5.56 Å². The molecule has 156 valence electrons. The van der Waals surface area contributed by atoms with Gasteiger partial charge in [-0.3, -0.25) is 4.79 Å². The predicted octanol–water partition coefficient (Wildman–Crippen LogP) is 4.54. The molecule has 4 rings (SSSR count). The second-order valence-electron chi connectivity index (χ2n) is 8.16. The van der Waals surface area contributed by atoms with Crippen LogP contribution in [0.3, 0.4) is 0 Å². The third-order valence-electron chi connectivity index (χ3n) is 6.27. The molecule has 0 unspecified atom stereocenters. The summed E-state index contributed by atoms with van der Waals surface area (Å²) < 4.78 is 0. The molecule has 2 aromatic heterocycles. The SMILES string of the molecule is CCC1(Cc2ncc(C(=O)Cc3cc(-c4cccs4)ccc3N)cn2)CCNCC1. The van der Waals surface area contributed by atoms with Gasteiger partial charge in [0.2, 0.25) is 0 Å². The van der Waals surface area contributed by atoms with Crippen LogP contribution in [0.1, 0.15) is 47.9 Å². The van der Waals surface area contributed by atoms with E-state index >= 15 is 0 Å². The Morgan fingerprint density at radius 2 is 1.97 bits per heavy atom. The highest BCUT2D eigenvalue weighted by Crippen LogP contribution is 2.35. The van der Waals surface area contributed by atoms with E-state index in [0.717, 1.165) is 55.7 Å². The molecule has 1 aromatic carbocycles.